The molecule has 2 atom stereocenters. The topological polar surface area (TPSA) is 77.0 Å². The lowest BCUT2D eigenvalue weighted by Crippen LogP contribution is -2.74. The van der Waals surface area contributed by atoms with Crippen LogP contribution in [0.5, 0.6) is 0 Å². The number of hydrogen-bond acceptors (Lipinski definition) is 5. The molecule has 0 bridgehead atoms. The molecule has 0 aliphatic carbocycles. The molecular formula is C15H21NO5. The van der Waals surface area contributed by atoms with Gasteiger partial charge in [0.15, 0.2) is 5.54 Å². The Balaban J connectivity index is 2.69. The van der Waals surface area contributed by atoms with Crippen LogP contribution in [0.2, 0.25) is 0 Å². The molecule has 2 rings (SSSR count). The quantitative estimate of drug-likeness (QED) is 0.788. The number of aliphatic carboxylic acids is 1. The third-order valence-electron chi connectivity index (χ3n) is 4.16. The standard InChI is InChI=1S/C15H21NO5/c1-19-12-9-10-16-14(13(17)18,15(12,20-2)21-3)11-7-5-4-6-8-11/h4-8,12,16H,9-10H2,1-3H3,(H,17,18). The molecule has 1 saturated heterocycles. The molecule has 6 heteroatoms. The lowest BCUT2D eigenvalue weighted by atomic mass is 9.75. The Hall–Kier alpha value is -1.47. The predicted octanol–water partition coefficient (Wildman–Crippen LogP) is 0.964. The van der Waals surface area contributed by atoms with Gasteiger partial charge in [-0.15, -0.1) is 0 Å². The van der Waals surface area contributed by atoms with E-state index in [0.717, 1.165) is 0 Å². The monoisotopic (exact) mass is 295 g/mol. The van der Waals surface area contributed by atoms with Gasteiger partial charge in [-0.1, -0.05) is 30.3 Å². The fraction of sp³-hybridized carbons (Fsp3) is 0.533. The van der Waals surface area contributed by atoms with Crippen LogP contribution in [0.1, 0.15) is 12.0 Å². The van der Waals surface area contributed by atoms with Crippen LogP contribution in [-0.2, 0) is 24.5 Å². The van der Waals surface area contributed by atoms with Gasteiger partial charge in [0.1, 0.15) is 6.10 Å². The molecule has 0 saturated carbocycles. The largest absolute Gasteiger partial charge is 0.479 e. The highest BCUT2D eigenvalue weighted by Crippen LogP contribution is 2.43. The molecule has 0 aromatic heterocycles. The first-order valence-electron chi connectivity index (χ1n) is 6.76. The van der Waals surface area contributed by atoms with Crippen molar-refractivity contribution in [3.05, 3.63) is 35.9 Å². The molecule has 1 aliphatic heterocycles. The average Bonchev–Trinajstić information content (AvgIpc) is 2.54. The summed E-state index contributed by atoms with van der Waals surface area (Å²) in [6.07, 6.45) is 0.0742. The lowest BCUT2D eigenvalue weighted by Gasteiger charge is -2.52. The van der Waals surface area contributed by atoms with E-state index in [2.05, 4.69) is 5.32 Å². The van der Waals surface area contributed by atoms with Gasteiger partial charge in [0.25, 0.3) is 0 Å². The van der Waals surface area contributed by atoms with E-state index in [-0.39, 0.29) is 0 Å². The highest BCUT2D eigenvalue weighted by molar-refractivity contribution is 5.83. The first-order chi connectivity index (χ1) is 10.1. The molecule has 116 valence electrons. The minimum Gasteiger partial charge on any atom is -0.479 e. The summed E-state index contributed by atoms with van der Waals surface area (Å²) < 4.78 is 16.6. The maximum absolute atomic E-state index is 12.2. The second kappa shape index (κ2) is 6.11. The molecule has 0 amide bonds. The number of piperidine rings is 1. The number of ether oxygens (including phenoxy) is 3. The molecule has 21 heavy (non-hydrogen) atoms. The normalized spacial score (nSPS) is 28.2. The predicted molar refractivity (Wildman–Crippen MR) is 75.9 cm³/mol. The Morgan fingerprint density at radius 1 is 1.24 bits per heavy atom. The van der Waals surface area contributed by atoms with Crippen LogP contribution in [-0.4, -0.2) is 50.8 Å². The van der Waals surface area contributed by atoms with Gasteiger partial charge in [-0.25, -0.2) is 4.79 Å². The number of benzene rings is 1. The summed E-state index contributed by atoms with van der Waals surface area (Å²) >= 11 is 0. The van der Waals surface area contributed by atoms with Gasteiger partial charge in [0.2, 0.25) is 5.79 Å². The van der Waals surface area contributed by atoms with Crippen LogP contribution in [0.15, 0.2) is 30.3 Å². The Morgan fingerprint density at radius 3 is 2.33 bits per heavy atom. The zero-order valence-corrected chi connectivity index (χ0v) is 12.5. The highest BCUT2D eigenvalue weighted by Gasteiger charge is 2.65. The first-order valence-corrected chi connectivity index (χ1v) is 6.76. The summed E-state index contributed by atoms with van der Waals surface area (Å²) in [6, 6.07) is 8.89. The van der Waals surface area contributed by atoms with Crippen LogP contribution in [0.4, 0.5) is 0 Å². The van der Waals surface area contributed by atoms with Crippen LogP contribution in [0.25, 0.3) is 0 Å². The summed E-state index contributed by atoms with van der Waals surface area (Å²) in [5.74, 6) is -2.54. The van der Waals surface area contributed by atoms with E-state index in [1.54, 1.807) is 24.3 Å². The van der Waals surface area contributed by atoms with Crippen molar-refractivity contribution < 1.29 is 24.1 Å². The third-order valence-corrected chi connectivity index (χ3v) is 4.16. The lowest BCUT2D eigenvalue weighted by molar-refractivity contribution is -0.315. The summed E-state index contributed by atoms with van der Waals surface area (Å²) in [6.45, 7) is 0.480. The molecule has 1 aliphatic rings. The van der Waals surface area contributed by atoms with Gasteiger partial charge in [-0.05, 0) is 18.5 Å². The summed E-state index contributed by atoms with van der Waals surface area (Å²) in [4.78, 5) is 12.2. The van der Waals surface area contributed by atoms with E-state index in [9.17, 15) is 9.90 Å². The Kier molecular flexibility index (Phi) is 4.63. The van der Waals surface area contributed by atoms with E-state index in [1.807, 2.05) is 6.07 Å². The number of nitrogens with one attached hydrogen (secondary N) is 1. The average molecular weight is 295 g/mol. The minimum atomic E-state index is -1.54. The molecule has 2 unspecified atom stereocenters. The zero-order valence-electron chi connectivity index (χ0n) is 12.5. The van der Waals surface area contributed by atoms with E-state index in [1.165, 1.54) is 21.3 Å². The second-order valence-electron chi connectivity index (χ2n) is 4.94. The van der Waals surface area contributed by atoms with Crippen molar-refractivity contribution in [2.75, 3.05) is 27.9 Å². The number of carboxylic acids is 1. The summed E-state index contributed by atoms with van der Waals surface area (Å²) in [5, 5.41) is 13.1. The fourth-order valence-corrected chi connectivity index (χ4v) is 3.21. The van der Waals surface area contributed by atoms with Crippen molar-refractivity contribution in [2.45, 2.75) is 23.9 Å². The molecule has 1 aromatic rings. The Labute approximate surface area is 124 Å². The molecule has 1 fully saturated rings. The number of hydrogen-bond donors (Lipinski definition) is 2. The van der Waals surface area contributed by atoms with Gasteiger partial charge in [0, 0.05) is 21.3 Å². The smallest absolute Gasteiger partial charge is 0.334 e. The van der Waals surface area contributed by atoms with Crippen molar-refractivity contribution >= 4 is 5.97 Å². The van der Waals surface area contributed by atoms with Gasteiger partial charge >= 0.3 is 5.97 Å². The van der Waals surface area contributed by atoms with Crippen LogP contribution < -0.4 is 5.32 Å². The summed E-state index contributed by atoms with van der Waals surface area (Å²) in [5.41, 5.74) is -0.987. The van der Waals surface area contributed by atoms with E-state index in [0.29, 0.717) is 18.5 Å². The highest BCUT2D eigenvalue weighted by atomic mass is 16.7. The van der Waals surface area contributed by atoms with Crippen molar-refractivity contribution in [3.8, 4) is 0 Å². The molecular weight excluding hydrogens is 274 g/mol. The van der Waals surface area contributed by atoms with Gasteiger partial charge in [0.05, 0.1) is 0 Å². The van der Waals surface area contributed by atoms with Crippen molar-refractivity contribution in [3.63, 3.8) is 0 Å². The van der Waals surface area contributed by atoms with E-state index in [4.69, 9.17) is 14.2 Å². The van der Waals surface area contributed by atoms with Crippen molar-refractivity contribution in [2.24, 2.45) is 0 Å². The third kappa shape index (κ3) is 2.15. The molecule has 0 radical (unpaired) electrons. The van der Waals surface area contributed by atoms with Crippen molar-refractivity contribution in [1.82, 2.24) is 5.32 Å². The van der Waals surface area contributed by atoms with E-state index < -0.39 is 23.4 Å². The number of methoxy groups -OCH3 is 3. The molecule has 2 N–H and O–H groups in total. The SMILES string of the molecule is COC1CCNC(C(=O)O)(c2ccccc2)C1(OC)OC. The molecule has 1 aromatic carbocycles. The molecule has 1 heterocycles. The first kappa shape index (κ1) is 15.9. The molecule has 6 nitrogen and oxygen atoms in total. The van der Waals surface area contributed by atoms with E-state index >= 15 is 0 Å². The van der Waals surface area contributed by atoms with Crippen LogP contribution in [0.3, 0.4) is 0 Å². The Morgan fingerprint density at radius 2 is 1.86 bits per heavy atom. The molecule has 0 spiro atoms. The number of carbonyl (C=O) groups is 1. The zero-order chi connectivity index (χ0) is 15.5. The van der Waals surface area contributed by atoms with Crippen molar-refractivity contribution in [1.29, 1.82) is 0 Å². The van der Waals surface area contributed by atoms with Crippen LogP contribution in [0, 0.1) is 0 Å². The summed E-state index contributed by atoms with van der Waals surface area (Å²) in [7, 11) is 4.40. The van der Waals surface area contributed by atoms with Gasteiger partial charge < -0.3 is 19.3 Å². The minimum absolute atomic E-state index is 0.480. The van der Waals surface area contributed by atoms with Crippen LogP contribution >= 0.6 is 0 Å². The second-order valence-corrected chi connectivity index (χ2v) is 4.94. The Bertz CT molecular complexity index is 488. The number of rotatable bonds is 5. The number of carboxylic acid groups (broad SMARTS) is 1. The maximum Gasteiger partial charge on any atom is 0.334 e. The fourth-order valence-electron chi connectivity index (χ4n) is 3.21. The maximum atomic E-state index is 12.2. The van der Waals surface area contributed by atoms with Gasteiger partial charge in [-0.3, -0.25) is 5.32 Å². The van der Waals surface area contributed by atoms with Gasteiger partial charge in [-0.2, -0.15) is 0 Å².